The van der Waals surface area contributed by atoms with Gasteiger partial charge in [-0.15, -0.1) is 0 Å². The van der Waals surface area contributed by atoms with Gasteiger partial charge in [0.2, 0.25) is 0 Å². The van der Waals surface area contributed by atoms with E-state index >= 15 is 0 Å². The summed E-state index contributed by atoms with van der Waals surface area (Å²) in [5.41, 5.74) is 0. The van der Waals surface area contributed by atoms with E-state index in [-0.39, 0.29) is 13.2 Å². The standard InChI is InChI=1S/C17H20NO5P/c1-3-21-17(19)14-18(2)24(20,22-15-10-6-4-7-11-15)23-16-12-8-5-9-13-16/h4-13H,3,14H2,1-2H3. The average molecular weight is 349 g/mol. The third-order valence-corrected chi connectivity index (χ3v) is 4.87. The first-order valence-corrected chi connectivity index (χ1v) is 8.99. The minimum Gasteiger partial charge on any atom is -0.465 e. The van der Waals surface area contributed by atoms with Crippen molar-refractivity contribution in [3.05, 3.63) is 60.7 Å². The van der Waals surface area contributed by atoms with Crippen LogP contribution in [0.3, 0.4) is 0 Å². The van der Waals surface area contributed by atoms with Crippen LogP contribution in [0.1, 0.15) is 6.92 Å². The molecule has 0 fully saturated rings. The second-order valence-corrected chi connectivity index (χ2v) is 6.88. The summed E-state index contributed by atoms with van der Waals surface area (Å²) in [7, 11) is -2.31. The van der Waals surface area contributed by atoms with E-state index in [9.17, 15) is 9.36 Å². The molecule has 0 aromatic heterocycles. The fourth-order valence-electron chi connectivity index (χ4n) is 1.87. The van der Waals surface area contributed by atoms with Crippen molar-refractivity contribution in [2.45, 2.75) is 6.92 Å². The van der Waals surface area contributed by atoms with Crippen molar-refractivity contribution in [2.24, 2.45) is 0 Å². The van der Waals surface area contributed by atoms with Crippen molar-refractivity contribution in [1.82, 2.24) is 4.67 Å². The predicted octanol–water partition coefficient (Wildman–Crippen LogP) is 3.75. The summed E-state index contributed by atoms with van der Waals surface area (Å²) in [6, 6.07) is 17.3. The lowest BCUT2D eigenvalue weighted by Gasteiger charge is -2.26. The van der Waals surface area contributed by atoms with Crippen molar-refractivity contribution < 1.29 is 23.1 Å². The van der Waals surface area contributed by atoms with Crippen LogP contribution in [0.15, 0.2) is 60.7 Å². The van der Waals surface area contributed by atoms with Crippen LogP contribution in [-0.4, -0.2) is 30.8 Å². The summed E-state index contributed by atoms with van der Waals surface area (Å²) in [5, 5.41) is 0. The van der Waals surface area contributed by atoms with E-state index in [2.05, 4.69) is 0 Å². The molecule has 2 rings (SSSR count). The van der Waals surface area contributed by atoms with E-state index in [0.717, 1.165) is 0 Å². The summed E-state index contributed by atoms with van der Waals surface area (Å²) in [6.07, 6.45) is 0. The molecular formula is C17H20NO5P. The molecule has 24 heavy (non-hydrogen) atoms. The molecule has 2 aromatic rings. The Labute approximate surface area is 141 Å². The minimum atomic E-state index is -3.80. The molecule has 128 valence electrons. The van der Waals surface area contributed by atoms with Gasteiger partial charge in [0, 0.05) is 7.05 Å². The van der Waals surface area contributed by atoms with Gasteiger partial charge in [0.1, 0.15) is 18.0 Å². The molecule has 0 bridgehead atoms. The SMILES string of the molecule is CCOC(=O)CN(C)P(=O)(Oc1ccccc1)Oc1ccccc1. The second kappa shape index (κ2) is 8.52. The fourth-order valence-corrected chi connectivity index (χ4v) is 3.25. The molecule has 7 heteroatoms. The Bertz CT molecular complexity index is 647. The van der Waals surface area contributed by atoms with Crippen molar-refractivity contribution in [1.29, 1.82) is 0 Å². The summed E-state index contributed by atoms with van der Waals surface area (Å²) in [5.74, 6) is 0.258. The number of esters is 1. The lowest BCUT2D eigenvalue weighted by molar-refractivity contribution is -0.143. The van der Waals surface area contributed by atoms with Crippen LogP contribution in [0.5, 0.6) is 11.5 Å². The van der Waals surface area contributed by atoms with Crippen molar-refractivity contribution >= 4 is 13.7 Å². The van der Waals surface area contributed by atoms with E-state index in [1.54, 1.807) is 55.5 Å². The molecule has 0 spiro atoms. The number of likely N-dealkylation sites (N-methyl/N-ethyl adjacent to an activating group) is 1. The van der Waals surface area contributed by atoms with Crippen LogP contribution in [-0.2, 0) is 14.1 Å². The highest BCUT2D eigenvalue weighted by atomic mass is 31.2. The molecule has 0 aliphatic carbocycles. The van der Waals surface area contributed by atoms with E-state index in [1.807, 2.05) is 12.1 Å². The molecular weight excluding hydrogens is 329 g/mol. The van der Waals surface area contributed by atoms with Crippen molar-refractivity contribution in [3.8, 4) is 11.5 Å². The third-order valence-electron chi connectivity index (χ3n) is 3.01. The zero-order valence-corrected chi connectivity index (χ0v) is 14.5. The number of rotatable bonds is 8. The van der Waals surface area contributed by atoms with Gasteiger partial charge >= 0.3 is 13.7 Å². The molecule has 2 aromatic carbocycles. The van der Waals surface area contributed by atoms with Crippen LogP contribution in [0.25, 0.3) is 0 Å². The zero-order chi connectivity index (χ0) is 17.4. The molecule has 0 saturated heterocycles. The molecule has 0 atom stereocenters. The lowest BCUT2D eigenvalue weighted by atomic mass is 10.3. The van der Waals surface area contributed by atoms with Gasteiger partial charge < -0.3 is 13.8 Å². The monoisotopic (exact) mass is 349 g/mol. The summed E-state index contributed by atoms with van der Waals surface area (Å²) >= 11 is 0. The topological polar surface area (TPSA) is 65.1 Å². The maximum Gasteiger partial charge on any atom is 0.515 e. The van der Waals surface area contributed by atoms with Crippen molar-refractivity contribution in [3.63, 3.8) is 0 Å². The second-order valence-electron chi connectivity index (χ2n) is 4.90. The molecule has 0 N–H and O–H groups in total. The Kier molecular flexibility index (Phi) is 6.41. The number of carbonyl (C=O) groups is 1. The van der Waals surface area contributed by atoms with E-state index < -0.39 is 13.7 Å². The van der Waals surface area contributed by atoms with Gasteiger partial charge in [0.05, 0.1) is 6.61 Å². The van der Waals surface area contributed by atoms with Gasteiger partial charge in [-0.3, -0.25) is 4.79 Å². The minimum absolute atomic E-state index is 0.217. The Hall–Kier alpha value is -2.30. The fraction of sp³-hybridized carbons (Fsp3) is 0.235. The smallest absolute Gasteiger partial charge is 0.465 e. The molecule has 0 aliphatic rings. The van der Waals surface area contributed by atoms with Gasteiger partial charge in [0.25, 0.3) is 0 Å². The number of carbonyl (C=O) groups excluding carboxylic acids is 1. The first kappa shape index (κ1) is 18.0. The summed E-state index contributed by atoms with van der Waals surface area (Å²) < 4.78 is 30.6. The summed E-state index contributed by atoms with van der Waals surface area (Å²) in [6.45, 7) is 1.74. The highest BCUT2D eigenvalue weighted by molar-refractivity contribution is 7.52. The van der Waals surface area contributed by atoms with Crippen LogP contribution in [0.4, 0.5) is 0 Å². The van der Waals surface area contributed by atoms with Gasteiger partial charge in [0.15, 0.2) is 0 Å². The lowest BCUT2D eigenvalue weighted by Crippen LogP contribution is -2.29. The number of nitrogens with zero attached hydrogens (tertiary/aromatic N) is 1. The number of hydrogen-bond donors (Lipinski definition) is 0. The molecule has 0 amide bonds. The molecule has 0 unspecified atom stereocenters. The summed E-state index contributed by atoms with van der Waals surface area (Å²) in [4.78, 5) is 11.7. The Morgan fingerprint density at radius 2 is 1.42 bits per heavy atom. The average Bonchev–Trinajstić information content (AvgIpc) is 2.56. The van der Waals surface area contributed by atoms with Crippen LogP contribution >= 0.6 is 7.75 Å². The first-order chi connectivity index (χ1) is 11.5. The largest absolute Gasteiger partial charge is 0.515 e. The predicted molar refractivity (Wildman–Crippen MR) is 91.0 cm³/mol. The van der Waals surface area contributed by atoms with E-state index in [1.165, 1.54) is 11.7 Å². The first-order valence-electron chi connectivity index (χ1n) is 7.50. The van der Waals surface area contributed by atoms with E-state index in [4.69, 9.17) is 13.8 Å². The normalized spacial score (nSPS) is 11.1. The number of ether oxygens (including phenoxy) is 1. The number of benzene rings is 2. The quantitative estimate of drug-likeness (QED) is 0.534. The highest BCUT2D eigenvalue weighted by Gasteiger charge is 2.36. The molecule has 0 heterocycles. The maximum absolute atomic E-state index is 13.3. The maximum atomic E-state index is 13.3. The van der Waals surface area contributed by atoms with Gasteiger partial charge in [-0.05, 0) is 31.2 Å². The van der Waals surface area contributed by atoms with Gasteiger partial charge in [-0.2, -0.15) is 4.67 Å². The zero-order valence-electron chi connectivity index (χ0n) is 13.6. The molecule has 0 radical (unpaired) electrons. The molecule has 0 saturated carbocycles. The van der Waals surface area contributed by atoms with E-state index in [0.29, 0.717) is 11.5 Å². The van der Waals surface area contributed by atoms with Crippen LogP contribution < -0.4 is 9.05 Å². The number of hydrogen-bond acceptors (Lipinski definition) is 5. The highest BCUT2D eigenvalue weighted by Crippen LogP contribution is 2.50. The Morgan fingerprint density at radius 3 is 1.83 bits per heavy atom. The Balaban J connectivity index is 2.22. The molecule has 0 aliphatic heterocycles. The van der Waals surface area contributed by atoms with Gasteiger partial charge in [-0.1, -0.05) is 36.4 Å². The van der Waals surface area contributed by atoms with Crippen molar-refractivity contribution in [2.75, 3.05) is 20.2 Å². The third kappa shape index (κ3) is 5.11. The van der Waals surface area contributed by atoms with Crippen LogP contribution in [0.2, 0.25) is 0 Å². The van der Waals surface area contributed by atoms with Crippen LogP contribution in [0, 0.1) is 0 Å². The van der Waals surface area contributed by atoms with Gasteiger partial charge in [-0.25, -0.2) is 4.57 Å². The number of para-hydroxylation sites is 2. The Morgan fingerprint density at radius 1 is 0.958 bits per heavy atom. The molecule has 6 nitrogen and oxygen atoms in total.